The molecule has 2 aliphatic heterocycles. The third-order valence-corrected chi connectivity index (χ3v) is 4.53. The van der Waals surface area contributed by atoms with Crippen LogP contribution >= 0.6 is 12.2 Å². The first-order chi connectivity index (χ1) is 11.7. The Labute approximate surface area is 144 Å². The van der Waals surface area contributed by atoms with Crippen molar-refractivity contribution in [2.45, 2.75) is 38.5 Å². The van der Waals surface area contributed by atoms with Crippen LogP contribution in [0.15, 0.2) is 18.2 Å². The van der Waals surface area contributed by atoms with Crippen LogP contribution in [0.3, 0.4) is 0 Å². The van der Waals surface area contributed by atoms with Gasteiger partial charge >= 0.3 is 0 Å². The molecule has 0 amide bonds. The van der Waals surface area contributed by atoms with Crippen LogP contribution in [0, 0.1) is 4.77 Å². The molecule has 2 aliphatic rings. The zero-order chi connectivity index (χ0) is 16.5. The second-order valence-electron chi connectivity index (χ2n) is 5.91. The van der Waals surface area contributed by atoms with Crippen LogP contribution in [0.1, 0.15) is 31.7 Å². The van der Waals surface area contributed by atoms with Gasteiger partial charge in [0.2, 0.25) is 6.79 Å². The molecular formula is C16H19N3O4S. The first kappa shape index (κ1) is 15.5. The van der Waals surface area contributed by atoms with E-state index in [-0.39, 0.29) is 19.0 Å². The molecule has 24 heavy (non-hydrogen) atoms. The lowest BCUT2D eigenvalue weighted by Crippen LogP contribution is -2.19. The predicted molar refractivity (Wildman–Crippen MR) is 88.0 cm³/mol. The van der Waals surface area contributed by atoms with E-state index in [4.69, 9.17) is 31.2 Å². The van der Waals surface area contributed by atoms with Gasteiger partial charge in [0.25, 0.3) is 0 Å². The monoisotopic (exact) mass is 349 g/mol. The van der Waals surface area contributed by atoms with E-state index >= 15 is 0 Å². The Bertz CT molecular complexity index is 782. The second kappa shape index (κ2) is 6.45. The molecule has 0 saturated carbocycles. The highest BCUT2D eigenvalue weighted by Crippen LogP contribution is 2.36. The summed E-state index contributed by atoms with van der Waals surface area (Å²) < 4.78 is 25.0. The van der Waals surface area contributed by atoms with Crippen LogP contribution in [0.25, 0.3) is 0 Å². The molecule has 0 aliphatic carbocycles. The van der Waals surface area contributed by atoms with E-state index in [1.54, 1.807) is 0 Å². The predicted octanol–water partition coefficient (Wildman–Crippen LogP) is 2.99. The summed E-state index contributed by atoms with van der Waals surface area (Å²) >= 11 is 5.35. The number of aromatic nitrogens is 3. The van der Waals surface area contributed by atoms with Gasteiger partial charge in [0.1, 0.15) is 5.75 Å². The normalized spacial score (nSPS) is 20.3. The number of ether oxygens (including phenoxy) is 4. The molecule has 4 rings (SSSR count). The van der Waals surface area contributed by atoms with Gasteiger partial charge in [0.15, 0.2) is 28.2 Å². The molecule has 1 aromatic carbocycles. The number of hydrogen-bond acceptors (Lipinski definition) is 6. The van der Waals surface area contributed by atoms with E-state index < -0.39 is 0 Å². The number of benzene rings is 1. The van der Waals surface area contributed by atoms with Gasteiger partial charge in [-0.3, -0.25) is 9.67 Å². The fourth-order valence-corrected chi connectivity index (χ4v) is 3.23. The van der Waals surface area contributed by atoms with Crippen molar-refractivity contribution in [2.24, 2.45) is 0 Å². The zero-order valence-electron chi connectivity index (χ0n) is 13.4. The van der Waals surface area contributed by atoms with E-state index in [0.717, 1.165) is 31.0 Å². The van der Waals surface area contributed by atoms with Crippen LogP contribution in [0.5, 0.6) is 17.2 Å². The number of aromatic amines is 1. The van der Waals surface area contributed by atoms with Gasteiger partial charge in [0, 0.05) is 12.7 Å². The Kier molecular flexibility index (Phi) is 4.15. The molecule has 2 aromatic rings. The van der Waals surface area contributed by atoms with Crippen molar-refractivity contribution in [3.8, 4) is 17.2 Å². The summed E-state index contributed by atoms with van der Waals surface area (Å²) in [6.45, 7) is 3.70. The molecule has 8 heteroatoms. The molecular weight excluding hydrogens is 330 g/mol. The first-order valence-electron chi connectivity index (χ1n) is 8.04. The van der Waals surface area contributed by atoms with Gasteiger partial charge in [-0.25, -0.2) is 0 Å². The standard InChI is InChI=1S/C16H19N3O4S/c1-10(23-11-4-5-13-14(7-11)22-9-21-13)15-17-18-16(24)19(15)8-12-3-2-6-20-12/h4-5,7,10,12H,2-3,6,8-9H2,1H3,(H,18,24)/t10-,12+/m0/s1. The number of hydrogen-bond donors (Lipinski definition) is 1. The SMILES string of the molecule is C[C@H](Oc1ccc2c(c1)OCO2)c1n[nH]c(=S)n1C[C@H]1CCCO1. The molecule has 2 atom stereocenters. The second-order valence-corrected chi connectivity index (χ2v) is 6.29. The summed E-state index contributed by atoms with van der Waals surface area (Å²) in [6.07, 6.45) is 2.06. The van der Waals surface area contributed by atoms with E-state index in [2.05, 4.69) is 10.2 Å². The molecule has 0 bridgehead atoms. The van der Waals surface area contributed by atoms with Crippen LogP contribution < -0.4 is 14.2 Å². The maximum Gasteiger partial charge on any atom is 0.231 e. The van der Waals surface area contributed by atoms with Crippen molar-refractivity contribution in [3.05, 3.63) is 28.8 Å². The van der Waals surface area contributed by atoms with Crippen molar-refractivity contribution in [2.75, 3.05) is 13.4 Å². The maximum absolute atomic E-state index is 6.02. The minimum Gasteiger partial charge on any atom is -0.483 e. The molecule has 128 valence electrons. The summed E-state index contributed by atoms with van der Waals surface area (Å²) in [5.41, 5.74) is 0. The van der Waals surface area contributed by atoms with Gasteiger partial charge in [-0.05, 0) is 44.1 Å². The smallest absolute Gasteiger partial charge is 0.231 e. The highest BCUT2D eigenvalue weighted by atomic mass is 32.1. The third-order valence-electron chi connectivity index (χ3n) is 4.22. The van der Waals surface area contributed by atoms with E-state index in [1.165, 1.54) is 0 Å². The summed E-state index contributed by atoms with van der Waals surface area (Å²) in [4.78, 5) is 0. The molecule has 0 unspecified atom stereocenters. The van der Waals surface area contributed by atoms with Gasteiger partial charge in [-0.1, -0.05) is 0 Å². The van der Waals surface area contributed by atoms with Gasteiger partial charge in [-0.2, -0.15) is 5.10 Å². The van der Waals surface area contributed by atoms with Crippen LogP contribution in [0.2, 0.25) is 0 Å². The number of H-pyrrole nitrogens is 1. The zero-order valence-corrected chi connectivity index (χ0v) is 14.2. The highest BCUT2D eigenvalue weighted by molar-refractivity contribution is 7.71. The van der Waals surface area contributed by atoms with Crippen molar-refractivity contribution < 1.29 is 18.9 Å². The third kappa shape index (κ3) is 2.99. The number of fused-ring (bicyclic) bond motifs is 1. The fraction of sp³-hybridized carbons (Fsp3) is 0.500. The first-order valence-corrected chi connectivity index (χ1v) is 8.44. The molecule has 3 heterocycles. The molecule has 1 aromatic heterocycles. The Balaban J connectivity index is 1.52. The topological polar surface area (TPSA) is 70.5 Å². The van der Waals surface area contributed by atoms with Crippen molar-refractivity contribution >= 4 is 12.2 Å². The summed E-state index contributed by atoms with van der Waals surface area (Å²) in [6, 6.07) is 5.52. The average Bonchev–Trinajstić information content (AvgIpc) is 3.30. The highest BCUT2D eigenvalue weighted by Gasteiger charge is 2.22. The summed E-state index contributed by atoms with van der Waals surface area (Å²) in [7, 11) is 0. The maximum atomic E-state index is 6.02. The molecule has 1 saturated heterocycles. The van der Waals surface area contributed by atoms with Gasteiger partial charge < -0.3 is 18.9 Å². The Hall–Kier alpha value is -2.06. The van der Waals surface area contributed by atoms with Crippen molar-refractivity contribution in [1.82, 2.24) is 14.8 Å². The van der Waals surface area contributed by atoms with E-state index in [0.29, 0.717) is 22.8 Å². The van der Waals surface area contributed by atoms with Crippen molar-refractivity contribution in [1.29, 1.82) is 0 Å². The van der Waals surface area contributed by atoms with E-state index in [9.17, 15) is 0 Å². The number of rotatable bonds is 5. The minimum atomic E-state index is -0.264. The lowest BCUT2D eigenvalue weighted by atomic mass is 10.2. The van der Waals surface area contributed by atoms with Crippen molar-refractivity contribution in [3.63, 3.8) is 0 Å². The molecule has 1 N–H and O–H groups in total. The van der Waals surface area contributed by atoms with Crippen LogP contribution in [-0.4, -0.2) is 34.3 Å². The van der Waals surface area contributed by atoms with Gasteiger partial charge in [0.05, 0.1) is 12.6 Å². The molecule has 0 spiro atoms. The quantitative estimate of drug-likeness (QED) is 0.837. The molecule has 0 radical (unpaired) electrons. The number of nitrogens with zero attached hydrogens (tertiary/aromatic N) is 2. The largest absolute Gasteiger partial charge is 0.483 e. The average molecular weight is 349 g/mol. The molecule has 7 nitrogen and oxygen atoms in total. The number of nitrogens with one attached hydrogen (secondary N) is 1. The summed E-state index contributed by atoms with van der Waals surface area (Å²) in [5.74, 6) is 2.88. The Morgan fingerprint density at radius 3 is 3.12 bits per heavy atom. The van der Waals surface area contributed by atoms with Gasteiger partial charge in [-0.15, -0.1) is 0 Å². The fourth-order valence-electron chi connectivity index (χ4n) is 3.02. The van der Waals surface area contributed by atoms with Crippen LogP contribution in [-0.2, 0) is 11.3 Å². The lowest BCUT2D eigenvalue weighted by molar-refractivity contribution is 0.0935. The van der Waals surface area contributed by atoms with Crippen LogP contribution in [0.4, 0.5) is 0 Å². The minimum absolute atomic E-state index is 0.186. The molecule has 1 fully saturated rings. The summed E-state index contributed by atoms with van der Waals surface area (Å²) in [5, 5.41) is 7.19. The van der Waals surface area contributed by atoms with E-state index in [1.807, 2.05) is 29.7 Å². The Morgan fingerprint density at radius 2 is 2.29 bits per heavy atom. The lowest BCUT2D eigenvalue weighted by Gasteiger charge is -2.17. The Morgan fingerprint density at radius 1 is 1.42 bits per heavy atom.